The van der Waals surface area contributed by atoms with Crippen molar-refractivity contribution in [3.05, 3.63) is 41.2 Å². The van der Waals surface area contributed by atoms with Gasteiger partial charge in [0.2, 0.25) is 5.89 Å². The van der Waals surface area contributed by atoms with Gasteiger partial charge >= 0.3 is 0 Å². The monoisotopic (exact) mass is 280 g/mol. The van der Waals surface area contributed by atoms with Gasteiger partial charge in [-0.05, 0) is 38.2 Å². The van der Waals surface area contributed by atoms with E-state index in [1.54, 1.807) is 25.3 Å². The highest BCUT2D eigenvalue weighted by Gasteiger charge is 2.09. The summed E-state index contributed by atoms with van der Waals surface area (Å²) >= 11 is 5.84. The topological polar surface area (TPSA) is 49.5 Å². The second-order valence-electron chi connectivity index (χ2n) is 4.70. The molecule has 1 N–H and O–H groups in total. The summed E-state index contributed by atoms with van der Waals surface area (Å²) in [6.45, 7) is 3.00. The maximum absolute atomic E-state index is 9.31. The molecule has 0 bridgehead atoms. The number of hydrogen-bond donors (Lipinski definition) is 1. The molecule has 1 aromatic heterocycles. The molecule has 0 fully saturated rings. The van der Waals surface area contributed by atoms with Gasteiger partial charge in [0.15, 0.2) is 0 Å². The second kappa shape index (κ2) is 6.19. The van der Waals surface area contributed by atoms with E-state index in [1.807, 2.05) is 24.1 Å². The second-order valence-corrected chi connectivity index (χ2v) is 5.13. The predicted molar refractivity (Wildman–Crippen MR) is 75.0 cm³/mol. The zero-order valence-corrected chi connectivity index (χ0v) is 11.8. The number of hydrogen-bond acceptors (Lipinski definition) is 4. The Morgan fingerprint density at radius 2 is 2.05 bits per heavy atom. The number of aliphatic hydroxyl groups is 1. The van der Waals surface area contributed by atoms with Gasteiger partial charge in [0.25, 0.3) is 0 Å². The molecule has 0 aliphatic heterocycles. The minimum absolute atomic E-state index is 0.354. The maximum atomic E-state index is 9.31. The summed E-state index contributed by atoms with van der Waals surface area (Å²) < 4.78 is 5.45. The lowest BCUT2D eigenvalue weighted by molar-refractivity contribution is 0.137. The van der Waals surface area contributed by atoms with Gasteiger partial charge in [0, 0.05) is 23.7 Å². The lowest BCUT2D eigenvalue weighted by Crippen LogP contribution is -2.26. The average Bonchev–Trinajstić information content (AvgIpc) is 2.77. The number of oxazole rings is 1. The Morgan fingerprint density at radius 1 is 1.37 bits per heavy atom. The number of benzene rings is 1. The molecule has 0 spiro atoms. The largest absolute Gasteiger partial charge is 0.444 e. The molecule has 102 valence electrons. The normalized spacial score (nSPS) is 12.9. The average molecular weight is 281 g/mol. The molecule has 1 atom stereocenters. The summed E-state index contributed by atoms with van der Waals surface area (Å²) in [4.78, 5) is 6.42. The summed E-state index contributed by atoms with van der Waals surface area (Å²) in [6, 6.07) is 7.36. The Labute approximate surface area is 117 Å². The van der Waals surface area contributed by atoms with E-state index in [-0.39, 0.29) is 6.10 Å². The van der Waals surface area contributed by atoms with Gasteiger partial charge in [-0.15, -0.1) is 0 Å². The van der Waals surface area contributed by atoms with E-state index >= 15 is 0 Å². The molecule has 0 saturated heterocycles. The summed E-state index contributed by atoms with van der Waals surface area (Å²) in [7, 11) is 1.93. The first kappa shape index (κ1) is 14.1. The summed E-state index contributed by atoms with van der Waals surface area (Å²) in [5.74, 6) is 0.581. The highest BCUT2D eigenvalue weighted by Crippen LogP contribution is 2.21. The van der Waals surface area contributed by atoms with Crippen LogP contribution in [0, 0.1) is 0 Å². The van der Waals surface area contributed by atoms with E-state index in [1.165, 1.54) is 0 Å². The number of likely N-dealkylation sites (N-methyl/N-ethyl adjacent to an activating group) is 1. The lowest BCUT2D eigenvalue weighted by atomic mass is 10.2. The van der Waals surface area contributed by atoms with Gasteiger partial charge in [-0.2, -0.15) is 0 Å². The van der Waals surface area contributed by atoms with Crippen molar-refractivity contribution in [2.45, 2.75) is 19.6 Å². The van der Waals surface area contributed by atoms with E-state index in [2.05, 4.69) is 4.98 Å². The van der Waals surface area contributed by atoms with Crippen LogP contribution in [0.1, 0.15) is 12.6 Å². The first-order valence-corrected chi connectivity index (χ1v) is 6.49. The maximum Gasteiger partial charge on any atom is 0.226 e. The van der Waals surface area contributed by atoms with Crippen molar-refractivity contribution in [1.82, 2.24) is 9.88 Å². The van der Waals surface area contributed by atoms with Crippen LogP contribution in [0.3, 0.4) is 0 Å². The number of aromatic nitrogens is 1. The molecule has 2 rings (SSSR count). The fraction of sp³-hybridized carbons (Fsp3) is 0.357. The van der Waals surface area contributed by atoms with Crippen LogP contribution >= 0.6 is 11.6 Å². The molecule has 2 aromatic rings. The molecule has 0 aliphatic rings. The fourth-order valence-electron chi connectivity index (χ4n) is 1.90. The first-order valence-electron chi connectivity index (χ1n) is 6.11. The molecule has 5 heteroatoms. The first-order chi connectivity index (χ1) is 9.04. The van der Waals surface area contributed by atoms with Gasteiger partial charge in [-0.25, -0.2) is 4.98 Å². The molecular weight excluding hydrogens is 264 g/mol. The highest BCUT2D eigenvalue weighted by molar-refractivity contribution is 6.30. The third-order valence-corrected chi connectivity index (χ3v) is 2.90. The standard InChI is InChI=1S/C14H17ClN2O2/c1-10(18)7-17(2)8-13-9-19-14(16-13)11-3-5-12(15)6-4-11/h3-6,9-10,18H,7-8H2,1-2H3. The van der Waals surface area contributed by atoms with Crippen molar-refractivity contribution in [1.29, 1.82) is 0 Å². The third-order valence-electron chi connectivity index (χ3n) is 2.65. The van der Waals surface area contributed by atoms with Crippen molar-refractivity contribution in [2.24, 2.45) is 0 Å². The van der Waals surface area contributed by atoms with E-state index in [0.717, 1.165) is 11.3 Å². The Balaban J connectivity index is 2.04. The van der Waals surface area contributed by atoms with Crippen molar-refractivity contribution < 1.29 is 9.52 Å². The minimum Gasteiger partial charge on any atom is -0.444 e. The molecule has 1 heterocycles. The number of rotatable bonds is 5. The molecule has 0 amide bonds. The Morgan fingerprint density at radius 3 is 2.68 bits per heavy atom. The van der Waals surface area contributed by atoms with Crippen LogP contribution in [-0.2, 0) is 6.54 Å². The quantitative estimate of drug-likeness (QED) is 0.915. The van der Waals surface area contributed by atoms with Gasteiger partial charge in [0.05, 0.1) is 11.8 Å². The molecular formula is C14H17ClN2O2. The Kier molecular flexibility index (Phi) is 4.58. The van der Waals surface area contributed by atoms with Gasteiger partial charge in [-0.3, -0.25) is 4.90 Å². The van der Waals surface area contributed by atoms with Crippen LogP contribution in [0.4, 0.5) is 0 Å². The van der Waals surface area contributed by atoms with Crippen LogP contribution in [0.2, 0.25) is 5.02 Å². The van der Waals surface area contributed by atoms with E-state index < -0.39 is 0 Å². The number of nitrogens with zero attached hydrogens (tertiary/aromatic N) is 2. The lowest BCUT2D eigenvalue weighted by Gasteiger charge is -2.16. The van der Waals surface area contributed by atoms with Crippen LogP contribution < -0.4 is 0 Å². The number of aliphatic hydroxyl groups excluding tert-OH is 1. The Bertz CT molecular complexity index is 522. The van der Waals surface area contributed by atoms with Crippen LogP contribution in [0.15, 0.2) is 34.9 Å². The number of halogens is 1. The van der Waals surface area contributed by atoms with Crippen molar-refractivity contribution in [3.8, 4) is 11.5 Å². The summed E-state index contributed by atoms with van der Waals surface area (Å²) in [5.41, 5.74) is 1.74. The zero-order chi connectivity index (χ0) is 13.8. The molecule has 4 nitrogen and oxygen atoms in total. The van der Waals surface area contributed by atoms with Crippen LogP contribution in [0.5, 0.6) is 0 Å². The predicted octanol–water partition coefficient (Wildman–Crippen LogP) is 2.81. The minimum atomic E-state index is -0.354. The Hall–Kier alpha value is -1.36. The van der Waals surface area contributed by atoms with Gasteiger partial charge < -0.3 is 9.52 Å². The SMILES string of the molecule is CC(O)CN(C)Cc1coc(-c2ccc(Cl)cc2)n1. The van der Waals surface area contributed by atoms with Crippen molar-refractivity contribution in [3.63, 3.8) is 0 Å². The van der Waals surface area contributed by atoms with Crippen LogP contribution in [-0.4, -0.2) is 34.7 Å². The summed E-state index contributed by atoms with van der Waals surface area (Å²) in [5, 5.41) is 10.00. The molecule has 1 unspecified atom stereocenters. The third kappa shape index (κ3) is 4.06. The van der Waals surface area contributed by atoms with Gasteiger partial charge in [-0.1, -0.05) is 11.6 Å². The fourth-order valence-corrected chi connectivity index (χ4v) is 2.02. The van der Waals surface area contributed by atoms with Gasteiger partial charge in [0.1, 0.15) is 6.26 Å². The van der Waals surface area contributed by atoms with E-state index in [0.29, 0.717) is 24.0 Å². The summed E-state index contributed by atoms with van der Waals surface area (Å²) in [6.07, 6.45) is 1.29. The highest BCUT2D eigenvalue weighted by atomic mass is 35.5. The smallest absolute Gasteiger partial charge is 0.226 e. The van der Waals surface area contributed by atoms with E-state index in [4.69, 9.17) is 16.0 Å². The van der Waals surface area contributed by atoms with Crippen molar-refractivity contribution in [2.75, 3.05) is 13.6 Å². The van der Waals surface area contributed by atoms with E-state index in [9.17, 15) is 5.11 Å². The molecule has 0 saturated carbocycles. The molecule has 19 heavy (non-hydrogen) atoms. The molecule has 0 aliphatic carbocycles. The van der Waals surface area contributed by atoms with Crippen LogP contribution in [0.25, 0.3) is 11.5 Å². The molecule has 1 aromatic carbocycles. The van der Waals surface area contributed by atoms with Crippen molar-refractivity contribution >= 4 is 11.6 Å². The zero-order valence-electron chi connectivity index (χ0n) is 11.0. The molecule has 0 radical (unpaired) electrons.